The first-order valence-electron chi connectivity index (χ1n) is 6.44. The molecule has 1 aromatic carbocycles. The Labute approximate surface area is 116 Å². The predicted molar refractivity (Wildman–Crippen MR) is 74.4 cm³/mol. The monoisotopic (exact) mass is 275 g/mol. The first-order chi connectivity index (χ1) is 9.47. The average molecular weight is 275 g/mol. The highest BCUT2D eigenvalue weighted by Crippen LogP contribution is 2.13. The summed E-state index contributed by atoms with van der Waals surface area (Å²) in [7, 11) is 0. The van der Waals surface area contributed by atoms with Gasteiger partial charge in [-0.15, -0.1) is 0 Å². The van der Waals surface area contributed by atoms with Crippen molar-refractivity contribution in [1.82, 2.24) is 15.5 Å². The molecule has 0 aliphatic heterocycles. The van der Waals surface area contributed by atoms with Gasteiger partial charge in [-0.1, -0.05) is 19.9 Å². The molecule has 0 fully saturated rings. The fourth-order valence-corrected chi connectivity index (χ4v) is 2.01. The summed E-state index contributed by atoms with van der Waals surface area (Å²) in [4.78, 5) is 23.2. The summed E-state index contributed by atoms with van der Waals surface area (Å²) >= 11 is 0. The number of hydrogen-bond donors (Lipinski definition) is 3. The topological polar surface area (TPSA) is 95.1 Å². The number of nitrogens with zero attached hydrogens (tertiary/aromatic N) is 1. The SMILES string of the molecule is CC(C)C[C@H](NC(=O)c1ccc2cn[nH]c2c1)C(=O)O. The first-order valence-corrected chi connectivity index (χ1v) is 6.44. The maximum Gasteiger partial charge on any atom is 0.326 e. The van der Waals surface area contributed by atoms with Crippen LogP contribution in [-0.4, -0.2) is 33.2 Å². The first kappa shape index (κ1) is 14.0. The number of carboxylic acid groups (broad SMARTS) is 1. The van der Waals surface area contributed by atoms with Crippen LogP contribution in [-0.2, 0) is 4.79 Å². The third kappa shape index (κ3) is 3.14. The van der Waals surface area contributed by atoms with Crippen LogP contribution in [0, 0.1) is 5.92 Å². The van der Waals surface area contributed by atoms with Crippen molar-refractivity contribution in [2.75, 3.05) is 0 Å². The molecule has 20 heavy (non-hydrogen) atoms. The zero-order valence-corrected chi connectivity index (χ0v) is 11.4. The number of amides is 1. The van der Waals surface area contributed by atoms with Crippen molar-refractivity contribution in [3.05, 3.63) is 30.0 Å². The van der Waals surface area contributed by atoms with Crippen molar-refractivity contribution in [3.63, 3.8) is 0 Å². The Morgan fingerprint density at radius 3 is 2.80 bits per heavy atom. The fraction of sp³-hybridized carbons (Fsp3) is 0.357. The highest BCUT2D eigenvalue weighted by Gasteiger charge is 2.21. The molecule has 3 N–H and O–H groups in total. The lowest BCUT2D eigenvalue weighted by Crippen LogP contribution is -2.41. The molecule has 0 aliphatic rings. The van der Waals surface area contributed by atoms with Gasteiger partial charge in [-0.05, 0) is 24.5 Å². The summed E-state index contributed by atoms with van der Waals surface area (Å²) in [5.41, 5.74) is 1.16. The van der Waals surface area contributed by atoms with Crippen LogP contribution in [0.2, 0.25) is 0 Å². The van der Waals surface area contributed by atoms with Crippen LogP contribution in [0.3, 0.4) is 0 Å². The Bertz CT molecular complexity index is 633. The van der Waals surface area contributed by atoms with Crippen molar-refractivity contribution in [2.45, 2.75) is 26.3 Å². The molecule has 106 valence electrons. The third-order valence-electron chi connectivity index (χ3n) is 3.01. The van der Waals surface area contributed by atoms with Gasteiger partial charge in [-0.3, -0.25) is 9.89 Å². The van der Waals surface area contributed by atoms with Crippen molar-refractivity contribution in [2.24, 2.45) is 5.92 Å². The van der Waals surface area contributed by atoms with Crippen molar-refractivity contribution < 1.29 is 14.7 Å². The predicted octanol–water partition coefficient (Wildman–Crippen LogP) is 1.79. The molecule has 0 unspecified atom stereocenters. The van der Waals surface area contributed by atoms with E-state index in [1.54, 1.807) is 24.4 Å². The molecule has 0 saturated carbocycles. The van der Waals surface area contributed by atoms with Crippen molar-refractivity contribution in [3.8, 4) is 0 Å². The quantitative estimate of drug-likeness (QED) is 0.775. The Hall–Kier alpha value is -2.37. The minimum Gasteiger partial charge on any atom is -0.480 e. The number of carboxylic acids is 1. The summed E-state index contributed by atoms with van der Waals surface area (Å²) < 4.78 is 0. The second-order valence-corrected chi connectivity index (χ2v) is 5.17. The maximum atomic E-state index is 12.1. The molecular formula is C14H17N3O3. The molecule has 2 rings (SSSR count). The number of aliphatic carboxylic acids is 1. The Morgan fingerprint density at radius 1 is 1.40 bits per heavy atom. The number of aromatic amines is 1. The van der Waals surface area contributed by atoms with Crippen molar-refractivity contribution >= 4 is 22.8 Å². The molecule has 0 radical (unpaired) electrons. The average Bonchev–Trinajstić information content (AvgIpc) is 2.84. The number of aromatic nitrogens is 2. The van der Waals surface area contributed by atoms with Crippen LogP contribution in [0.25, 0.3) is 10.9 Å². The van der Waals surface area contributed by atoms with Crippen LogP contribution in [0.5, 0.6) is 0 Å². The lowest BCUT2D eigenvalue weighted by atomic mass is 10.0. The van der Waals surface area contributed by atoms with Crippen LogP contribution in [0.4, 0.5) is 0 Å². The molecule has 1 amide bonds. The summed E-state index contributed by atoms with van der Waals surface area (Å²) in [5.74, 6) is -1.23. The van der Waals surface area contributed by atoms with Crippen LogP contribution >= 0.6 is 0 Å². The maximum absolute atomic E-state index is 12.1. The number of carbonyl (C=O) groups excluding carboxylic acids is 1. The van der Waals surface area contributed by atoms with Gasteiger partial charge in [-0.25, -0.2) is 4.79 Å². The molecule has 1 heterocycles. The summed E-state index contributed by atoms with van der Waals surface area (Å²) in [6.45, 7) is 3.83. The minimum absolute atomic E-state index is 0.187. The molecule has 1 aromatic heterocycles. The molecule has 6 nitrogen and oxygen atoms in total. The van der Waals surface area contributed by atoms with E-state index in [2.05, 4.69) is 15.5 Å². The van der Waals surface area contributed by atoms with E-state index in [-0.39, 0.29) is 5.92 Å². The molecule has 0 bridgehead atoms. The number of fused-ring (bicyclic) bond motifs is 1. The normalized spacial score (nSPS) is 12.6. The van der Waals surface area contributed by atoms with Gasteiger partial charge in [0.2, 0.25) is 0 Å². The van der Waals surface area contributed by atoms with E-state index < -0.39 is 17.9 Å². The van der Waals surface area contributed by atoms with Crippen LogP contribution in [0.15, 0.2) is 24.4 Å². The second kappa shape index (κ2) is 5.73. The van der Waals surface area contributed by atoms with Gasteiger partial charge in [0.1, 0.15) is 6.04 Å². The largest absolute Gasteiger partial charge is 0.480 e. The van der Waals surface area contributed by atoms with E-state index in [1.165, 1.54) is 0 Å². The molecule has 2 aromatic rings. The highest BCUT2D eigenvalue weighted by molar-refractivity contribution is 5.99. The molecule has 0 aliphatic carbocycles. The van der Waals surface area contributed by atoms with Gasteiger partial charge in [-0.2, -0.15) is 5.10 Å². The van der Waals surface area contributed by atoms with E-state index in [1.807, 2.05) is 13.8 Å². The van der Waals surface area contributed by atoms with Crippen LogP contribution < -0.4 is 5.32 Å². The van der Waals surface area contributed by atoms with Gasteiger partial charge >= 0.3 is 5.97 Å². The summed E-state index contributed by atoms with van der Waals surface area (Å²) in [6, 6.07) is 4.21. The van der Waals surface area contributed by atoms with E-state index >= 15 is 0 Å². The van der Waals surface area contributed by atoms with Crippen molar-refractivity contribution in [1.29, 1.82) is 0 Å². The molecule has 6 heteroatoms. The number of nitrogens with one attached hydrogen (secondary N) is 2. The summed E-state index contributed by atoms with van der Waals surface area (Å²) in [5, 5.41) is 19.2. The summed E-state index contributed by atoms with van der Waals surface area (Å²) in [6.07, 6.45) is 2.06. The number of benzene rings is 1. The number of H-pyrrole nitrogens is 1. The Kier molecular flexibility index (Phi) is 4.02. The number of hydrogen-bond acceptors (Lipinski definition) is 3. The lowest BCUT2D eigenvalue weighted by molar-refractivity contribution is -0.139. The lowest BCUT2D eigenvalue weighted by Gasteiger charge is -2.16. The van der Waals surface area contributed by atoms with E-state index in [9.17, 15) is 9.59 Å². The minimum atomic E-state index is -1.02. The zero-order chi connectivity index (χ0) is 14.7. The Morgan fingerprint density at radius 2 is 2.15 bits per heavy atom. The fourth-order valence-electron chi connectivity index (χ4n) is 2.01. The van der Waals surface area contributed by atoms with Gasteiger partial charge in [0, 0.05) is 10.9 Å². The van der Waals surface area contributed by atoms with Crippen LogP contribution in [0.1, 0.15) is 30.6 Å². The van der Waals surface area contributed by atoms with E-state index in [0.29, 0.717) is 12.0 Å². The third-order valence-corrected chi connectivity index (χ3v) is 3.01. The second-order valence-electron chi connectivity index (χ2n) is 5.17. The standard InChI is InChI=1S/C14H17N3O3/c1-8(2)5-12(14(19)20)16-13(18)9-3-4-10-7-15-17-11(10)6-9/h3-4,6-8,12H,5H2,1-2H3,(H,15,17)(H,16,18)(H,19,20)/t12-/m0/s1. The van der Waals surface area contributed by atoms with E-state index in [4.69, 9.17) is 5.11 Å². The van der Waals surface area contributed by atoms with Gasteiger partial charge in [0.05, 0.1) is 11.7 Å². The molecule has 0 spiro atoms. The number of carbonyl (C=O) groups is 2. The van der Waals surface area contributed by atoms with E-state index in [0.717, 1.165) is 10.9 Å². The smallest absolute Gasteiger partial charge is 0.326 e. The number of rotatable bonds is 5. The van der Waals surface area contributed by atoms with Gasteiger partial charge in [0.25, 0.3) is 5.91 Å². The molecular weight excluding hydrogens is 258 g/mol. The molecule has 0 saturated heterocycles. The zero-order valence-electron chi connectivity index (χ0n) is 11.4. The Balaban J connectivity index is 2.15. The van der Waals surface area contributed by atoms with Gasteiger partial charge < -0.3 is 10.4 Å². The molecule has 1 atom stereocenters. The van der Waals surface area contributed by atoms with Gasteiger partial charge in [0.15, 0.2) is 0 Å². The highest BCUT2D eigenvalue weighted by atomic mass is 16.4.